The Kier molecular flexibility index (Phi) is 7.46. The fourth-order valence-electron chi connectivity index (χ4n) is 4.42. The van der Waals surface area contributed by atoms with Crippen molar-refractivity contribution >= 4 is 30.9 Å². The van der Waals surface area contributed by atoms with Gasteiger partial charge < -0.3 is 13.9 Å². The second kappa shape index (κ2) is 10.1. The van der Waals surface area contributed by atoms with Crippen LogP contribution in [0.3, 0.4) is 0 Å². The van der Waals surface area contributed by atoms with Crippen molar-refractivity contribution in [2.24, 2.45) is 0 Å². The van der Waals surface area contributed by atoms with Gasteiger partial charge >= 0.3 is 6.09 Å². The molecule has 1 aliphatic heterocycles. The van der Waals surface area contributed by atoms with Gasteiger partial charge in [-0.25, -0.2) is 4.79 Å². The molecule has 0 fully saturated rings. The van der Waals surface area contributed by atoms with Crippen molar-refractivity contribution in [2.75, 3.05) is 18.1 Å². The molecule has 0 aromatic heterocycles. The van der Waals surface area contributed by atoms with E-state index in [0.29, 0.717) is 19.8 Å². The Bertz CT molecular complexity index is 1260. The second-order valence-corrected chi connectivity index (χ2v) is 17.3. The molecule has 0 saturated carbocycles. The van der Waals surface area contributed by atoms with E-state index in [0.717, 1.165) is 33.3 Å². The van der Waals surface area contributed by atoms with Gasteiger partial charge in [-0.3, -0.25) is 4.90 Å². The van der Waals surface area contributed by atoms with Crippen LogP contribution in [-0.2, 0) is 15.8 Å². The monoisotopic (exact) mass is 519 g/mol. The molecule has 0 saturated heterocycles. The number of carbonyl (C=O) groups excluding carboxylic acids is 1. The lowest BCUT2D eigenvalue weighted by molar-refractivity contribution is 0.0581. The summed E-state index contributed by atoms with van der Waals surface area (Å²) in [5.74, 6) is 0.808. The average molecular weight is 520 g/mol. The van der Waals surface area contributed by atoms with Crippen LogP contribution in [0.1, 0.15) is 58.6 Å². The van der Waals surface area contributed by atoms with E-state index in [-0.39, 0.29) is 17.0 Å². The maximum atomic E-state index is 13.4. The molecule has 0 aliphatic carbocycles. The number of anilines is 1. The number of hydrogen-bond acceptors (Lipinski definition) is 4. The van der Waals surface area contributed by atoms with Crippen LogP contribution in [-0.4, -0.2) is 33.2 Å². The van der Waals surface area contributed by atoms with Crippen LogP contribution in [0.4, 0.5) is 10.5 Å². The van der Waals surface area contributed by atoms with E-state index in [1.165, 1.54) is 0 Å². The van der Waals surface area contributed by atoms with Crippen LogP contribution in [0, 0.1) is 0 Å². The first-order valence-electron chi connectivity index (χ1n) is 13.1. The molecule has 0 radical (unpaired) electrons. The summed E-state index contributed by atoms with van der Waals surface area (Å²) >= 11 is 0. The molecule has 1 heterocycles. The molecule has 198 valence electrons. The van der Waals surface area contributed by atoms with E-state index in [1.807, 2.05) is 57.2 Å². The highest BCUT2D eigenvalue weighted by Gasteiger charge is 2.41. The maximum absolute atomic E-state index is 13.4. The molecule has 6 heteroatoms. The molecule has 1 aliphatic rings. The van der Waals surface area contributed by atoms with Crippen LogP contribution < -0.4 is 9.64 Å². The molecule has 1 atom stereocenters. The summed E-state index contributed by atoms with van der Waals surface area (Å²) in [4.78, 5) is 15.2. The van der Waals surface area contributed by atoms with E-state index in [9.17, 15) is 4.79 Å². The number of hydrogen-bond donors (Lipinski definition) is 0. The summed E-state index contributed by atoms with van der Waals surface area (Å²) in [6, 6.07) is 20.4. The van der Waals surface area contributed by atoms with Gasteiger partial charge in [0.15, 0.2) is 8.32 Å². The summed E-state index contributed by atoms with van der Waals surface area (Å²) in [7, 11) is -1.97. The molecule has 5 nitrogen and oxygen atoms in total. The molecule has 3 aromatic rings. The first-order valence-corrected chi connectivity index (χ1v) is 16.0. The Labute approximate surface area is 222 Å². The second-order valence-electron chi connectivity index (χ2n) is 12.5. The Morgan fingerprint density at radius 3 is 2.19 bits per heavy atom. The quantitative estimate of drug-likeness (QED) is 0.307. The van der Waals surface area contributed by atoms with Gasteiger partial charge in [-0.1, -0.05) is 75.4 Å². The molecule has 0 bridgehead atoms. The molecule has 1 amide bonds. The van der Waals surface area contributed by atoms with Gasteiger partial charge in [0.2, 0.25) is 0 Å². The third-order valence-corrected chi connectivity index (χ3v) is 11.9. The Balaban J connectivity index is 1.76. The number of nitrogens with zero attached hydrogens (tertiary/aromatic N) is 1. The van der Waals surface area contributed by atoms with Crippen molar-refractivity contribution in [1.82, 2.24) is 0 Å². The van der Waals surface area contributed by atoms with Crippen molar-refractivity contribution in [2.45, 2.75) is 77.8 Å². The Hall–Kier alpha value is -2.83. The Morgan fingerprint density at radius 2 is 1.57 bits per heavy atom. The molecular weight excluding hydrogens is 478 g/mol. The smallest absolute Gasteiger partial charge is 0.414 e. The van der Waals surface area contributed by atoms with E-state index >= 15 is 0 Å². The maximum Gasteiger partial charge on any atom is 0.414 e. The number of fused-ring (bicyclic) bond motifs is 3. The van der Waals surface area contributed by atoms with Gasteiger partial charge in [-0.05, 0) is 55.4 Å². The lowest BCUT2D eigenvalue weighted by atomic mass is 9.95. The van der Waals surface area contributed by atoms with E-state index < -0.39 is 13.9 Å². The predicted molar refractivity (Wildman–Crippen MR) is 154 cm³/mol. The first kappa shape index (κ1) is 27.2. The molecule has 4 rings (SSSR count). The average Bonchev–Trinajstić information content (AvgIpc) is 3.19. The third kappa shape index (κ3) is 6.02. The van der Waals surface area contributed by atoms with Crippen molar-refractivity contribution in [3.63, 3.8) is 0 Å². The summed E-state index contributed by atoms with van der Waals surface area (Å²) < 4.78 is 18.8. The molecule has 3 aromatic carbocycles. The fourth-order valence-corrected chi connectivity index (χ4v) is 5.47. The minimum atomic E-state index is -1.97. The SMILES string of the molecule is CC(C)(C)OC(=O)N1C[C@H](CO[Si](C)(C)C(C)(C)C)c2c1cc(OCc1ccccc1)c1ccccc21. The van der Waals surface area contributed by atoms with Crippen molar-refractivity contribution < 1.29 is 18.7 Å². The van der Waals surface area contributed by atoms with Crippen molar-refractivity contribution in [3.8, 4) is 5.75 Å². The highest BCUT2D eigenvalue weighted by Crippen LogP contribution is 2.47. The van der Waals surface area contributed by atoms with Gasteiger partial charge in [0.05, 0.1) is 5.69 Å². The fraction of sp³-hybridized carbons (Fsp3) is 0.452. The zero-order valence-corrected chi connectivity index (χ0v) is 24.6. The first-order chi connectivity index (χ1) is 17.3. The lowest BCUT2D eigenvalue weighted by Gasteiger charge is -2.37. The molecule has 0 unspecified atom stereocenters. The number of carbonyl (C=O) groups is 1. The standard InChI is InChI=1S/C31H41NO4Si/c1-30(2,3)36-29(33)32-19-23(21-35-37(7,8)31(4,5)6)28-25-17-13-12-16-24(25)27(18-26(28)32)34-20-22-14-10-9-11-15-22/h9-18,23H,19-21H2,1-8H3/t23-/m1/s1. The summed E-state index contributed by atoms with van der Waals surface area (Å²) in [6.07, 6.45) is -0.340. The molecular formula is C31H41NO4Si. The van der Waals surface area contributed by atoms with Gasteiger partial charge in [-0.15, -0.1) is 0 Å². The zero-order chi connectivity index (χ0) is 27.0. The van der Waals surface area contributed by atoms with Gasteiger partial charge in [0, 0.05) is 30.5 Å². The van der Waals surface area contributed by atoms with Crippen LogP contribution in [0.2, 0.25) is 18.1 Å². The van der Waals surface area contributed by atoms with Crippen LogP contribution >= 0.6 is 0 Å². The van der Waals surface area contributed by atoms with Crippen LogP contribution in [0.5, 0.6) is 5.75 Å². The molecule has 0 N–H and O–H groups in total. The van der Waals surface area contributed by atoms with Crippen molar-refractivity contribution in [1.29, 1.82) is 0 Å². The number of ether oxygens (including phenoxy) is 2. The van der Waals surface area contributed by atoms with E-state index in [2.05, 4.69) is 58.1 Å². The Morgan fingerprint density at radius 1 is 0.946 bits per heavy atom. The topological polar surface area (TPSA) is 48.0 Å². The highest BCUT2D eigenvalue weighted by atomic mass is 28.4. The number of rotatable bonds is 6. The summed E-state index contributed by atoms with van der Waals surface area (Å²) in [6.45, 7) is 18.5. The van der Waals surface area contributed by atoms with Gasteiger partial charge in [0.1, 0.15) is 18.0 Å². The van der Waals surface area contributed by atoms with E-state index in [1.54, 1.807) is 4.90 Å². The van der Waals surface area contributed by atoms with Crippen LogP contribution in [0.25, 0.3) is 10.8 Å². The molecule has 0 spiro atoms. The lowest BCUT2D eigenvalue weighted by Crippen LogP contribution is -2.42. The third-order valence-electron chi connectivity index (χ3n) is 7.43. The molecule has 37 heavy (non-hydrogen) atoms. The van der Waals surface area contributed by atoms with Gasteiger partial charge in [-0.2, -0.15) is 0 Å². The minimum absolute atomic E-state index is 0.0460. The van der Waals surface area contributed by atoms with Crippen LogP contribution in [0.15, 0.2) is 60.7 Å². The largest absolute Gasteiger partial charge is 0.488 e. The zero-order valence-electron chi connectivity index (χ0n) is 23.6. The summed E-state index contributed by atoms with van der Waals surface area (Å²) in [5.41, 5.74) is 2.49. The normalized spacial score (nSPS) is 16.1. The number of amides is 1. The highest BCUT2D eigenvalue weighted by molar-refractivity contribution is 6.74. The van der Waals surface area contributed by atoms with Crippen molar-refractivity contribution in [3.05, 3.63) is 71.8 Å². The number of benzene rings is 3. The minimum Gasteiger partial charge on any atom is -0.488 e. The predicted octanol–water partition coefficient (Wildman–Crippen LogP) is 8.28. The van der Waals surface area contributed by atoms with E-state index in [4.69, 9.17) is 13.9 Å². The summed E-state index contributed by atoms with van der Waals surface area (Å²) in [5, 5.41) is 2.25. The van der Waals surface area contributed by atoms with Gasteiger partial charge in [0.25, 0.3) is 0 Å².